The Labute approximate surface area is 204 Å². The maximum absolute atomic E-state index is 11.2. The summed E-state index contributed by atoms with van der Waals surface area (Å²) in [5.74, 6) is 1.98. The smallest absolute Gasteiger partial charge is 0.161 e. The normalized spacial score (nSPS) is 18.9. The average Bonchev–Trinajstić information content (AvgIpc) is 3.27. The highest BCUT2D eigenvalue weighted by molar-refractivity contribution is 6.30. The van der Waals surface area contributed by atoms with Gasteiger partial charge in [-0.15, -0.1) is 0 Å². The first-order valence-electron chi connectivity index (χ1n) is 11.2. The number of hydrogen-bond acceptors (Lipinski definition) is 7. The zero-order chi connectivity index (χ0) is 23.8. The van der Waals surface area contributed by atoms with E-state index in [2.05, 4.69) is 9.88 Å². The molecule has 4 rings (SSSR count). The van der Waals surface area contributed by atoms with Gasteiger partial charge in [-0.3, -0.25) is 4.90 Å². The number of β-amino-alcohol motifs (C(OH)–C–C–N with tert-alkyl or cyclic N) is 1. The topological polar surface area (TPSA) is 78.2 Å². The highest BCUT2D eigenvalue weighted by atomic mass is 35.5. The molecule has 0 unspecified atom stereocenters. The molecule has 0 aliphatic carbocycles. The number of imidazole rings is 1. The van der Waals surface area contributed by atoms with E-state index in [4.69, 9.17) is 30.5 Å². The van der Waals surface area contributed by atoms with Gasteiger partial charge in [0.05, 0.1) is 33.2 Å². The lowest BCUT2D eigenvalue weighted by Crippen LogP contribution is -2.48. The summed E-state index contributed by atoms with van der Waals surface area (Å²) >= 11 is 6.03. The number of aliphatic hydroxyl groups is 1. The van der Waals surface area contributed by atoms with E-state index in [0.717, 1.165) is 5.56 Å². The van der Waals surface area contributed by atoms with Crippen molar-refractivity contribution in [1.82, 2.24) is 14.5 Å². The molecule has 1 N–H and O–H groups in total. The first kappa shape index (κ1) is 24.3. The summed E-state index contributed by atoms with van der Waals surface area (Å²) in [4.78, 5) is 6.20. The monoisotopic (exact) mass is 487 g/mol. The van der Waals surface area contributed by atoms with Gasteiger partial charge in [0, 0.05) is 37.1 Å². The summed E-state index contributed by atoms with van der Waals surface area (Å²) in [6, 6.07) is 13.0. The van der Waals surface area contributed by atoms with Crippen LogP contribution in [0.15, 0.2) is 61.2 Å². The lowest BCUT2D eigenvalue weighted by atomic mass is 10.1. The molecule has 1 aliphatic rings. The molecule has 2 aromatic carbocycles. The molecule has 9 heteroatoms. The summed E-state index contributed by atoms with van der Waals surface area (Å²) < 4.78 is 24.9. The number of nitrogens with zero attached hydrogens (tertiary/aromatic N) is 3. The number of benzene rings is 2. The van der Waals surface area contributed by atoms with Crippen LogP contribution in [0.3, 0.4) is 0 Å². The Morgan fingerprint density at radius 1 is 1.18 bits per heavy atom. The number of ether oxygens (including phenoxy) is 4. The molecular weight excluding hydrogens is 458 g/mol. The van der Waals surface area contributed by atoms with Gasteiger partial charge in [-0.2, -0.15) is 0 Å². The van der Waals surface area contributed by atoms with Crippen molar-refractivity contribution in [3.63, 3.8) is 0 Å². The highest BCUT2D eigenvalue weighted by Crippen LogP contribution is 2.29. The second-order valence-electron chi connectivity index (χ2n) is 8.37. The SMILES string of the molecule is COc1ccc(CN2CCOC[C@@](O)(COc3cccc(Cl)c3)C2)cc1OCCn1ccnc1. The number of hydrogen-bond donors (Lipinski definition) is 1. The fraction of sp³-hybridized carbons (Fsp3) is 0.400. The number of aromatic nitrogens is 2. The third kappa shape index (κ3) is 6.87. The molecule has 0 bridgehead atoms. The third-order valence-corrected chi connectivity index (χ3v) is 5.78. The van der Waals surface area contributed by atoms with Crippen molar-refractivity contribution >= 4 is 11.6 Å². The summed E-state index contributed by atoms with van der Waals surface area (Å²) in [6.07, 6.45) is 5.40. The molecule has 0 radical (unpaired) electrons. The Kier molecular flexibility index (Phi) is 8.29. The average molecular weight is 488 g/mol. The van der Waals surface area contributed by atoms with Crippen LogP contribution < -0.4 is 14.2 Å². The van der Waals surface area contributed by atoms with Crippen LogP contribution in [0.1, 0.15) is 5.56 Å². The van der Waals surface area contributed by atoms with Crippen LogP contribution in [0.25, 0.3) is 0 Å². The van der Waals surface area contributed by atoms with Crippen LogP contribution in [0.4, 0.5) is 0 Å². The minimum atomic E-state index is -1.14. The third-order valence-electron chi connectivity index (χ3n) is 5.54. The van der Waals surface area contributed by atoms with E-state index in [-0.39, 0.29) is 13.2 Å². The van der Waals surface area contributed by atoms with Gasteiger partial charge in [0.2, 0.25) is 0 Å². The second-order valence-corrected chi connectivity index (χ2v) is 8.80. The molecule has 1 fully saturated rings. The van der Waals surface area contributed by atoms with Crippen molar-refractivity contribution in [2.24, 2.45) is 0 Å². The molecule has 1 atom stereocenters. The van der Waals surface area contributed by atoms with Gasteiger partial charge in [0.25, 0.3) is 0 Å². The van der Waals surface area contributed by atoms with Crippen LogP contribution in [0, 0.1) is 0 Å². The van der Waals surface area contributed by atoms with Crippen molar-refractivity contribution in [2.75, 3.05) is 46.6 Å². The molecule has 2 heterocycles. The fourth-order valence-corrected chi connectivity index (χ4v) is 4.04. The number of halogens is 1. The van der Waals surface area contributed by atoms with E-state index in [0.29, 0.717) is 61.7 Å². The van der Waals surface area contributed by atoms with Gasteiger partial charge in [-0.1, -0.05) is 23.7 Å². The van der Waals surface area contributed by atoms with Crippen LogP contribution in [0.5, 0.6) is 17.2 Å². The molecule has 8 nitrogen and oxygen atoms in total. The molecule has 1 aliphatic heterocycles. The predicted octanol–water partition coefficient (Wildman–Crippen LogP) is 3.27. The van der Waals surface area contributed by atoms with E-state index in [1.165, 1.54) is 0 Å². The zero-order valence-electron chi connectivity index (χ0n) is 19.2. The van der Waals surface area contributed by atoms with Crippen LogP contribution in [-0.2, 0) is 17.8 Å². The van der Waals surface area contributed by atoms with E-state index in [9.17, 15) is 5.11 Å². The van der Waals surface area contributed by atoms with Crippen molar-refractivity contribution in [3.05, 3.63) is 71.8 Å². The van der Waals surface area contributed by atoms with Crippen LogP contribution in [-0.4, -0.2) is 71.8 Å². The minimum Gasteiger partial charge on any atom is -0.493 e. The summed E-state index contributed by atoms with van der Waals surface area (Å²) in [6.45, 7) is 3.77. The van der Waals surface area contributed by atoms with Gasteiger partial charge in [0.15, 0.2) is 11.5 Å². The van der Waals surface area contributed by atoms with Crippen molar-refractivity contribution < 1.29 is 24.1 Å². The molecule has 1 aromatic heterocycles. The lowest BCUT2D eigenvalue weighted by molar-refractivity contribution is -0.0646. The fourth-order valence-electron chi connectivity index (χ4n) is 3.86. The Morgan fingerprint density at radius 2 is 2.09 bits per heavy atom. The summed E-state index contributed by atoms with van der Waals surface area (Å²) in [7, 11) is 1.63. The quantitative estimate of drug-likeness (QED) is 0.470. The highest BCUT2D eigenvalue weighted by Gasteiger charge is 2.33. The van der Waals surface area contributed by atoms with E-state index in [1.807, 2.05) is 41.1 Å². The Bertz CT molecular complexity index is 1050. The van der Waals surface area contributed by atoms with Crippen molar-refractivity contribution in [2.45, 2.75) is 18.7 Å². The van der Waals surface area contributed by atoms with E-state index >= 15 is 0 Å². The van der Waals surface area contributed by atoms with E-state index in [1.54, 1.807) is 31.8 Å². The maximum Gasteiger partial charge on any atom is 0.161 e. The van der Waals surface area contributed by atoms with Gasteiger partial charge in [-0.25, -0.2) is 4.98 Å². The summed E-state index contributed by atoms with van der Waals surface area (Å²) in [5, 5.41) is 11.8. The largest absolute Gasteiger partial charge is 0.493 e. The standard InChI is InChI=1S/C25H30ClN3O5/c1-31-23-6-5-20(13-24(23)33-12-10-28-8-7-27-19-28)15-29-9-11-32-17-25(30,16-29)18-34-22-4-2-3-21(26)14-22/h2-8,13-14,19,30H,9-12,15-18H2,1H3/t25-/m1/s1. The maximum atomic E-state index is 11.2. The predicted molar refractivity (Wildman–Crippen MR) is 129 cm³/mol. The number of rotatable bonds is 10. The van der Waals surface area contributed by atoms with Crippen LogP contribution in [0.2, 0.25) is 5.02 Å². The van der Waals surface area contributed by atoms with Crippen molar-refractivity contribution in [3.8, 4) is 17.2 Å². The van der Waals surface area contributed by atoms with Crippen molar-refractivity contribution in [1.29, 1.82) is 0 Å². The van der Waals surface area contributed by atoms with Crippen LogP contribution >= 0.6 is 11.6 Å². The Balaban J connectivity index is 1.38. The summed E-state index contributed by atoms with van der Waals surface area (Å²) in [5.41, 5.74) is -0.0893. The van der Waals surface area contributed by atoms with Gasteiger partial charge in [-0.05, 0) is 35.9 Å². The molecule has 182 valence electrons. The Morgan fingerprint density at radius 3 is 2.88 bits per heavy atom. The molecule has 1 saturated heterocycles. The second kappa shape index (κ2) is 11.6. The first-order valence-corrected chi connectivity index (χ1v) is 11.6. The first-order chi connectivity index (χ1) is 16.5. The Hall–Kier alpha value is -2.78. The molecule has 0 spiro atoms. The zero-order valence-corrected chi connectivity index (χ0v) is 20.0. The van der Waals surface area contributed by atoms with Gasteiger partial charge < -0.3 is 28.6 Å². The van der Waals surface area contributed by atoms with Gasteiger partial charge >= 0.3 is 0 Å². The van der Waals surface area contributed by atoms with E-state index < -0.39 is 5.60 Å². The minimum absolute atomic E-state index is 0.106. The molecule has 0 amide bonds. The number of methoxy groups -OCH3 is 1. The van der Waals surface area contributed by atoms with Gasteiger partial charge in [0.1, 0.15) is 24.6 Å². The molecule has 3 aromatic rings. The molecule has 0 saturated carbocycles. The molecule has 34 heavy (non-hydrogen) atoms. The lowest BCUT2D eigenvalue weighted by Gasteiger charge is -2.30. The molecular formula is C25H30ClN3O5.